The van der Waals surface area contributed by atoms with Gasteiger partial charge in [0.2, 0.25) is 5.78 Å². The van der Waals surface area contributed by atoms with E-state index < -0.39 is 11.2 Å². The minimum atomic E-state index is -0.629. The summed E-state index contributed by atoms with van der Waals surface area (Å²) in [5.74, 6) is -0.650. The van der Waals surface area contributed by atoms with Crippen LogP contribution in [-0.4, -0.2) is 21.5 Å². The fourth-order valence-electron chi connectivity index (χ4n) is 2.76. The predicted octanol–water partition coefficient (Wildman–Crippen LogP) is 3.89. The number of fused-ring (bicyclic) bond motifs is 3. The first-order chi connectivity index (χ1) is 10.6. The third-order valence-corrected chi connectivity index (χ3v) is 5.80. The van der Waals surface area contributed by atoms with Crippen molar-refractivity contribution in [2.45, 2.75) is 33.1 Å². The van der Waals surface area contributed by atoms with Crippen LogP contribution in [0.5, 0.6) is 0 Å². The fraction of sp³-hybridized carbons (Fsp3) is 0.375. The molecule has 0 spiro atoms. The van der Waals surface area contributed by atoms with Crippen LogP contribution in [0.15, 0.2) is 17.8 Å². The van der Waals surface area contributed by atoms with Gasteiger partial charge >= 0.3 is 0 Å². The molecule has 4 rings (SSSR count). The zero-order chi connectivity index (χ0) is 15.9. The average molecular weight is 332 g/mol. The lowest BCUT2D eigenvalue weighted by molar-refractivity contribution is -0.118. The van der Waals surface area contributed by atoms with Gasteiger partial charge in [0, 0.05) is 21.9 Å². The molecule has 2 aromatic rings. The first-order valence-corrected chi connectivity index (χ1v) is 8.95. The summed E-state index contributed by atoms with van der Waals surface area (Å²) in [4.78, 5) is 35.2. The van der Waals surface area contributed by atoms with Crippen LogP contribution < -0.4 is 0 Å². The maximum Gasteiger partial charge on any atom is 0.258 e. The molecule has 0 bridgehead atoms. The zero-order valence-electron chi connectivity index (χ0n) is 12.6. The van der Waals surface area contributed by atoms with Crippen LogP contribution in [0, 0.1) is 12.3 Å². The monoisotopic (exact) mass is 332 g/mol. The smallest absolute Gasteiger partial charge is 0.258 e. The molecule has 2 heterocycles. The summed E-state index contributed by atoms with van der Waals surface area (Å²) >= 11 is 2.84. The second kappa shape index (κ2) is 5.52. The standard InChI is InChI=1S/C14H10N2O2S2.C2H6/c1-7-5-15-13(20-7)10(17)12(18)14-3-2-9-11(8(14)4-14)19-6-16-9;1-2/h2-3,5-6,8H,4H2,1H3;1-2H3. The van der Waals surface area contributed by atoms with Crippen molar-refractivity contribution in [2.24, 2.45) is 5.41 Å². The van der Waals surface area contributed by atoms with Crippen molar-refractivity contribution in [1.82, 2.24) is 9.97 Å². The lowest BCUT2D eigenvalue weighted by atomic mass is 9.90. The Balaban J connectivity index is 0.000000693. The Bertz CT molecular complexity index is 775. The summed E-state index contributed by atoms with van der Waals surface area (Å²) in [5, 5.41) is 0.302. The molecule has 0 radical (unpaired) electrons. The number of thiazole rings is 2. The molecular weight excluding hydrogens is 316 g/mol. The number of ketones is 2. The van der Waals surface area contributed by atoms with E-state index in [2.05, 4.69) is 9.97 Å². The van der Waals surface area contributed by atoms with Gasteiger partial charge in [-0.15, -0.1) is 22.7 Å². The van der Waals surface area contributed by atoms with Crippen molar-refractivity contribution < 1.29 is 9.59 Å². The molecule has 6 heteroatoms. The quantitative estimate of drug-likeness (QED) is 0.632. The minimum absolute atomic E-state index is 0.132. The number of carbonyl (C=O) groups excluding carboxylic acids is 2. The molecule has 0 amide bonds. The Labute approximate surface area is 136 Å². The summed E-state index contributed by atoms with van der Waals surface area (Å²) in [6.07, 6.45) is 6.08. The largest absolute Gasteiger partial charge is 0.289 e. The number of rotatable bonds is 3. The molecule has 2 atom stereocenters. The maximum atomic E-state index is 12.6. The number of hydrogen-bond donors (Lipinski definition) is 0. The molecule has 0 N–H and O–H groups in total. The lowest BCUT2D eigenvalue weighted by Gasteiger charge is -2.13. The topological polar surface area (TPSA) is 59.9 Å². The summed E-state index contributed by atoms with van der Waals surface area (Å²) in [5.41, 5.74) is 2.11. The Hall–Kier alpha value is -1.66. The average Bonchev–Trinajstić information content (AvgIpc) is 2.89. The highest BCUT2D eigenvalue weighted by atomic mass is 32.1. The highest BCUT2D eigenvalue weighted by molar-refractivity contribution is 7.14. The molecule has 1 fully saturated rings. The van der Waals surface area contributed by atoms with E-state index in [4.69, 9.17) is 0 Å². The third-order valence-electron chi connectivity index (χ3n) is 3.93. The summed E-state index contributed by atoms with van der Waals surface area (Å²) in [6, 6.07) is 0. The number of allylic oxidation sites excluding steroid dienone is 1. The van der Waals surface area contributed by atoms with Gasteiger partial charge in [-0.05, 0) is 19.4 Å². The number of aryl methyl sites for hydroxylation is 1. The molecule has 2 aliphatic carbocycles. The van der Waals surface area contributed by atoms with Crippen LogP contribution in [-0.2, 0) is 4.79 Å². The van der Waals surface area contributed by atoms with Crippen molar-refractivity contribution in [3.63, 3.8) is 0 Å². The Morgan fingerprint density at radius 3 is 2.77 bits per heavy atom. The van der Waals surface area contributed by atoms with Gasteiger partial charge in [-0.2, -0.15) is 0 Å². The van der Waals surface area contributed by atoms with Crippen LogP contribution in [0.3, 0.4) is 0 Å². The number of nitrogens with zero attached hydrogens (tertiary/aromatic N) is 2. The fourth-order valence-corrected chi connectivity index (χ4v) is 4.44. The van der Waals surface area contributed by atoms with Gasteiger partial charge in [-0.3, -0.25) is 9.59 Å². The second-order valence-corrected chi connectivity index (χ2v) is 7.29. The van der Waals surface area contributed by atoms with E-state index in [9.17, 15) is 9.59 Å². The Kier molecular flexibility index (Phi) is 3.82. The van der Waals surface area contributed by atoms with Crippen molar-refractivity contribution >= 4 is 40.3 Å². The molecule has 4 nitrogen and oxygen atoms in total. The zero-order valence-corrected chi connectivity index (χ0v) is 14.3. The third kappa shape index (κ3) is 2.18. The summed E-state index contributed by atoms with van der Waals surface area (Å²) in [6.45, 7) is 5.88. The molecule has 22 heavy (non-hydrogen) atoms. The number of aromatic nitrogens is 2. The Morgan fingerprint density at radius 1 is 1.32 bits per heavy atom. The SMILES string of the molecule is CC.Cc1cnc(C(=O)C(=O)C23C=Cc4ncsc4C2C3)s1. The van der Waals surface area contributed by atoms with E-state index in [1.807, 2.05) is 32.9 Å². The first kappa shape index (κ1) is 15.2. The van der Waals surface area contributed by atoms with Gasteiger partial charge in [-0.25, -0.2) is 9.97 Å². The van der Waals surface area contributed by atoms with Gasteiger partial charge in [0.1, 0.15) is 0 Å². The van der Waals surface area contributed by atoms with E-state index in [0.717, 1.165) is 15.4 Å². The molecule has 2 aliphatic rings. The highest BCUT2D eigenvalue weighted by Crippen LogP contribution is 2.65. The van der Waals surface area contributed by atoms with Gasteiger partial charge in [0.05, 0.1) is 16.6 Å². The minimum Gasteiger partial charge on any atom is -0.289 e. The molecule has 2 aromatic heterocycles. The molecule has 114 valence electrons. The van der Waals surface area contributed by atoms with E-state index in [-0.39, 0.29) is 11.7 Å². The van der Waals surface area contributed by atoms with E-state index in [0.29, 0.717) is 11.4 Å². The van der Waals surface area contributed by atoms with Gasteiger partial charge in [0.25, 0.3) is 5.78 Å². The number of Topliss-reactive ketones (excluding diaryl/α,β-unsaturated/α-hetero) is 2. The number of carbonyl (C=O) groups is 2. The first-order valence-electron chi connectivity index (χ1n) is 7.26. The normalized spacial score (nSPS) is 23.9. The predicted molar refractivity (Wildman–Crippen MR) is 88.5 cm³/mol. The van der Waals surface area contributed by atoms with Crippen molar-refractivity contribution in [3.05, 3.63) is 38.2 Å². The molecule has 2 unspecified atom stereocenters. The maximum absolute atomic E-state index is 12.6. The van der Waals surface area contributed by atoms with Crippen molar-refractivity contribution in [1.29, 1.82) is 0 Å². The molecular formula is C16H16N2O2S2. The van der Waals surface area contributed by atoms with Crippen LogP contribution in [0.2, 0.25) is 0 Å². The summed E-state index contributed by atoms with van der Waals surface area (Å²) < 4.78 is 0. The van der Waals surface area contributed by atoms with E-state index in [1.54, 1.807) is 23.0 Å². The van der Waals surface area contributed by atoms with Crippen molar-refractivity contribution in [2.75, 3.05) is 0 Å². The Morgan fingerprint density at radius 2 is 2.09 bits per heavy atom. The molecule has 0 saturated heterocycles. The van der Waals surface area contributed by atoms with E-state index >= 15 is 0 Å². The molecule has 0 aliphatic heterocycles. The van der Waals surface area contributed by atoms with E-state index in [1.165, 1.54) is 11.3 Å². The van der Waals surface area contributed by atoms with Crippen LogP contribution >= 0.6 is 22.7 Å². The van der Waals surface area contributed by atoms with Crippen molar-refractivity contribution in [3.8, 4) is 0 Å². The molecule has 1 saturated carbocycles. The van der Waals surface area contributed by atoms with Crippen LogP contribution in [0.25, 0.3) is 6.08 Å². The highest BCUT2D eigenvalue weighted by Gasteiger charge is 2.62. The van der Waals surface area contributed by atoms with Gasteiger partial charge in [-0.1, -0.05) is 19.9 Å². The van der Waals surface area contributed by atoms with Gasteiger partial charge < -0.3 is 0 Å². The van der Waals surface area contributed by atoms with Crippen LogP contribution in [0.1, 0.15) is 51.4 Å². The second-order valence-electron chi connectivity index (χ2n) is 5.17. The van der Waals surface area contributed by atoms with Gasteiger partial charge in [0.15, 0.2) is 5.01 Å². The molecule has 0 aromatic carbocycles. The summed E-state index contributed by atoms with van der Waals surface area (Å²) in [7, 11) is 0. The van der Waals surface area contributed by atoms with Crippen LogP contribution in [0.4, 0.5) is 0 Å². The lowest BCUT2D eigenvalue weighted by Crippen LogP contribution is -2.26. The number of hydrogen-bond acceptors (Lipinski definition) is 6.